The van der Waals surface area contributed by atoms with Gasteiger partial charge >= 0.3 is 0 Å². The summed E-state index contributed by atoms with van der Waals surface area (Å²) in [4.78, 5) is 11.3. The fraction of sp³-hybridized carbons (Fsp3) is 0.409. The third kappa shape index (κ3) is 4.49. The highest BCUT2D eigenvalue weighted by Crippen LogP contribution is 2.23. The molecule has 6 heteroatoms. The van der Waals surface area contributed by atoms with Gasteiger partial charge in [-0.15, -0.1) is 0 Å². The Bertz CT molecular complexity index is 931. The molecular formula is C22H28N6. The minimum atomic E-state index is 0.264. The van der Waals surface area contributed by atoms with E-state index >= 15 is 0 Å². The lowest BCUT2D eigenvalue weighted by Crippen LogP contribution is -2.30. The van der Waals surface area contributed by atoms with Crippen LogP contribution >= 0.6 is 0 Å². The Hall–Kier alpha value is -2.91. The van der Waals surface area contributed by atoms with Gasteiger partial charge in [-0.2, -0.15) is 5.26 Å². The van der Waals surface area contributed by atoms with Gasteiger partial charge in [-0.3, -0.25) is 0 Å². The van der Waals surface area contributed by atoms with Crippen LogP contribution in [0.2, 0.25) is 0 Å². The van der Waals surface area contributed by atoms with Crippen LogP contribution in [0, 0.1) is 11.3 Å². The molecule has 0 fully saturated rings. The molecule has 2 aromatic heterocycles. The fourth-order valence-electron chi connectivity index (χ4n) is 3.40. The number of hydrogen-bond donors (Lipinski definition) is 1. The van der Waals surface area contributed by atoms with E-state index in [1.165, 1.54) is 12.8 Å². The molecule has 0 amide bonds. The molecule has 2 N–H and O–H groups in total. The number of imidazole rings is 1. The van der Waals surface area contributed by atoms with Gasteiger partial charge in [-0.1, -0.05) is 25.5 Å². The van der Waals surface area contributed by atoms with Crippen LogP contribution < -0.4 is 5.73 Å². The zero-order valence-corrected chi connectivity index (χ0v) is 16.9. The van der Waals surface area contributed by atoms with Crippen molar-refractivity contribution in [2.24, 2.45) is 0 Å². The van der Waals surface area contributed by atoms with E-state index < -0.39 is 0 Å². The van der Waals surface area contributed by atoms with Crippen molar-refractivity contribution in [3.05, 3.63) is 53.3 Å². The van der Waals surface area contributed by atoms with E-state index in [1.54, 1.807) is 12.3 Å². The minimum absolute atomic E-state index is 0.264. The second-order valence-electron chi connectivity index (χ2n) is 7.37. The minimum Gasteiger partial charge on any atom is -0.383 e. The zero-order valence-electron chi connectivity index (χ0n) is 16.9. The summed E-state index contributed by atoms with van der Waals surface area (Å²) in [5.74, 6) is 1.22. The molecule has 0 bridgehead atoms. The first-order valence-corrected chi connectivity index (χ1v) is 9.82. The summed E-state index contributed by atoms with van der Waals surface area (Å²) in [7, 11) is 2.19. The fourth-order valence-corrected chi connectivity index (χ4v) is 3.40. The average molecular weight is 377 g/mol. The van der Waals surface area contributed by atoms with Crippen molar-refractivity contribution in [2.45, 2.75) is 45.7 Å². The molecule has 1 aliphatic rings. The number of fused-ring (bicyclic) bond motifs is 1. The van der Waals surface area contributed by atoms with E-state index in [1.807, 2.05) is 12.2 Å². The number of allylic oxidation sites excluding steroid dienone is 3. The summed E-state index contributed by atoms with van der Waals surface area (Å²) in [6, 6.07) is 4.47. The average Bonchev–Trinajstić information content (AvgIpc) is 2.98. The molecule has 0 saturated carbocycles. The molecule has 0 aromatic carbocycles. The number of hydrogen-bond acceptors (Lipinski definition) is 5. The molecule has 3 heterocycles. The number of nitrogens with two attached hydrogens (primary N) is 1. The van der Waals surface area contributed by atoms with Gasteiger partial charge in [0.1, 0.15) is 17.7 Å². The second kappa shape index (κ2) is 8.85. The van der Waals surface area contributed by atoms with Crippen molar-refractivity contribution >= 4 is 17.5 Å². The third-order valence-corrected chi connectivity index (χ3v) is 5.33. The first kappa shape index (κ1) is 19.8. The first-order valence-electron chi connectivity index (χ1n) is 9.82. The Morgan fingerprint density at radius 2 is 2.21 bits per heavy atom. The summed E-state index contributed by atoms with van der Waals surface area (Å²) in [5, 5.41) is 9.16. The predicted molar refractivity (Wildman–Crippen MR) is 113 cm³/mol. The standard InChI is InChI=1S/C22H28N6/c1-4-5-16(2)27(3)10-9-20-15-28-11-8-17(6-7-21(28)26-20)19-12-18(13-23)22(24)25-14-19/h6-8,12,14-16H,4-5,9-11H2,1-3H3,(H2,24,25). The Balaban J connectivity index is 1.68. The van der Waals surface area contributed by atoms with Gasteiger partial charge in [-0.05, 0) is 38.1 Å². The topological polar surface area (TPSA) is 83.8 Å². The van der Waals surface area contributed by atoms with E-state index in [0.717, 1.165) is 42.2 Å². The van der Waals surface area contributed by atoms with Crippen molar-refractivity contribution in [3.63, 3.8) is 0 Å². The molecule has 0 aliphatic carbocycles. The van der Waals surface area contributed by atoms with Gasteiger partial charge in [0.25, 0.3) is 0 Å². The highest BCUT2D eigenvalue weighted by molar-refractivity contribution is 5.79. The lowest BCUT2D eigenvalue weighted by atomic mass is 10.1. The number of likely N-dealkylation sites (N-methyl/N-ethyl adjacent to an activating group) is 1. The summed E-state index contributed by atoms with van der Waals surface area (Å²) < 4.78 is 2.16. The Morgan fingerprint density at radius 3 is 2.96 bits per heavy atom. The van der Waals surface area contributed by atoms with Crippen molar-refractivity contribution in [2.75, 3.05) is 19.3 Å². The van der Waals surface area contributed by atoms with Crippen LogP contribution in [-0.2, 0) is 13.0 Å². The zero-order chi connectivity index (χ0) is 20.1. The maximum Gasteiger partial charge on any atom is 0.141 e. The molecule has 1 aliphatic heterocycles. The SMILES string of the molecule is CCCC(C)N(C)CCc1cn2c(n1)C=CC(c1cnc(N)c(C#N)c1)=CC2. The number of rotatable bonds is 7. The molecule has 0 saturated heterocycles. The number of pyridine rings is 1. The van der Waals surface area contributed by atoms with Crippen LogP contribution in [0.3, 0.4) is 0 Å². The molecule has 1 unspecified atom stereocenters. The summed E-state index contributed by atoms with van der Waals surface area (Å²) in [6.45, 7) is 6.26. The number of nitriles is 1. The third-order valence-electron chi connectivity index (χ3n) is 5.33. The summed E-state index contributed by atoms with van der Waals surface area (Å²) in [6.07, 6.45) is 13.4. The van der Waals surface area contributed by atoms with E-state index in [2.05, 4.69) is 53.7 Å². The Kier molecular flexibility index (Phi) is 6.27. The van der Waals surface area contributed by atoms with Crippen LogP contribution in [0.25, 0.3) is 11.6 Å². The van der Waals surface area contributed by atoms with Gasteiger partial charge in [0.15, 0.2) is 0 Å². The first-order chi connectivity index (χ1) is 13.5. The molecule has 3 rings (SSSR count). The smallest absolute Gasteiger partial charge is 0.141 e. The van der Waals surface area contributed by atoms with Gasteiger partial charge in [-0.25, -0.2) is 9.97 Å². The molecule has 146 valence electrons. The monoisotopic (exact) mass is 376 g/mol. The molecule has 28 heavy (non-hydrogen) atoms. The quantitative estimate of drug-likeness (QED) is 0.799. The number of aromatic nitrogens is 3. The second-order valence-corrected chi connectivity index (χ2v) is 7.37. The van der Waals surface area contributed by atoms with Crippen molar-refractivity contribution < 1.29 is 0 Å². The van der Waals surface area contributed by atoms with Crippen molar-refractivity contribution in [1.82, 2.24) is 19.4 Å². The maximum absolute atomic E-state index is 9.16. The number of nitrogen functional groups attached to an aromatic ring is 1. The van der Waals surface area contributed by atoms with E-state index in [4.69, 9.17) is 16.0 Å². The largest absolute Gasteiger partial charge is 0.383 e. The summed E-state index contributed by atoms with van der Waals surface area (Å²) in [5.41, 5.74) is 9.15. The van der Waals surface area contributed by atoms with Crippen LogP contribution in [-0.4, -0.2) is 39.1 Å². The highest BCUT2D eigenvalue weighted by atomic mass is 15.1. The Labute approximate surface area is 167 Å². The molecule has 0 radical (unpaired) electrons. The van der Waals surface area contributed by atoms with Crippen LogP contribution in [0.1, 0.15) is 49.3 Å². The molecule has 6 nitrogen and oxygen atoms in total. The Morgan fingerprint density at radius 1 is 1.39 bits per heavy atom. The molecule has 1 atom stereocenters. The summed E-state index contributed by atoms with van der Waals surface area (Å²) >= 11 is 0. The van der Waals surface area contributed by atoms with Gasteiger partial charge in [0.2, 0.25) is 0 Å². The number of anilines is 1. The van der Waals surface area contributed by atoms with E-state index in [9.17, 15) is 0 Å². The van der Waals surface area contributed by atoms with E-state index in [-0.39, 0.29) is 5.82 Å². The van der Waals surface area contributed by atoms with Crippen LogP contribution in [0.15, 0.2) is 30.6 Å². The molecule has 0 spiro atoms. The normalized spacial score (nSPS) is 14.3. The number of nitrogens with zero attached hydrogens (tertiary/aromatic N) is 5. The van der Waals surface area contributed by atoms with Crippen LogP contribution in [0.5, 0.6) is 0 Å². The van der Waals surface area contributed by atoms with Gasteiger partial charge in [0.05, 0.1) is 11.3 Å². The lowest BCUT2D eigenvalue weighted by Gasteiger charge is -2.23. The molecule has 2 aromatic rings. The maximum atomic E-state index is 9.16. The van der Waals surface area contributed by atoms with Crippen molar-refractivity contribution in [1.29, 1.82) is 5.26 Å². The lowest BCUT2D eigenvalue weighted by molar-refractivity contribution is 0.247. The molecular weight excluding hydrogens is 348 g/mol. The van der Waals surface area contributed by atoms with Crippen molar-refractivity contribution in [3.8, 4) is 6.07 Å². The van der Waals surface area contributed by atoms with Gasteiger partial charge < -0.3 is 15.2 Å². The predicted octanol–water partition coefficient (Wildman–Crippen LogP) is 3.51. The van der Waals surface area contributed by atoms with Gasteiger partial charge in [0, 0.05) is 43.5 Å². The van der Waals surface area contributed by atoms with E-state index in [0.29, 0.717) is 11.6 Å². The van der Waals surface area contributed by atoms with Crippen LogP contribution in [0.4, 0.5) is 5.82 Å². The highest BCUT2D eigenvalue weighted by Gasteiger charge is 2.13.